The molecule has 1 heterocycles. The van der Waals surface area contributed by atoms with Crippen LogP contribution in [0.4, 0.5) is 5.69 Å². The molecule has 3 aromatic carbocycles. The number of rotatable bonds is 3. The van der Waals surface area contributed by atoms with Crippen molar-refractivity contribution >= 4 is 28.3 Å². The number of carbonyl (C=O) groups excluding carboxylic acids is 2. The van der Waals surface area contributed by atoms with Crippen LogP contribution >= 0.6 is 0 Å². The van der Waals surface area contributed by atoms with E-state index in [-0.39, 0.29) is 18.4 Å². The third kappa shape index (κ3) is 3.62. The van der Waals surface area contributed by atoms with Crippen molar-refractivity contribution in [2.45, 2.75) is 12.8 Å². The van der Waals surface area contributed by atoms with Crippen LogP contribution in [-0.2, 0) is 11.2 Å². The van der Waals surface area contributed by atoms with Gasteiger partial charge in [-0.15, -0.1) is 0 Å². The van der Waals surface area contributed by atoms with E-state index >= 15 is 0 Å². The Morgan fingerprint density at radius 1 is 0.889 bits per heavy atom. The number of carbonyl (C=O) groups is 2. The number of nitrogens with one attached hydrogen (secondary N) is 2. The molecule has 1 aliphatic heterocycles. The number of nitrogens with zero attached hydrogens (tertiary/aromatic N) is 1. The second-order valence-corrected chi connectivity index (χ2v) is 6.68. The molecule has 0 radical (unpaired) electrons. The van der Waals surface area contributed by atoms with Crippen molar-refractivity contribution in [3.8, 4) is 0 Å². The van der Waals surface area contributed by atoms with E-state index in [2.05, 4.69) is 21.8 Å². The molecule has 5 heteroatoms. The van der Waals surface area contributed by atoms with Gasteiger partial charge in [0, 0.05) is 17.8 Å². The lowest BCUT2D eigenvalue weighted by Crippen LogP contribution is -2.47. The molecule has 0 saturated heterocycles. The van der Waals surface area contributed by atoms with Crippen LogP contribution in [0.1, 0.15) is 22.3 Å². The maximum absolute atomic E-state index is 12.5. The highest BCUT2D eigenvalue weighted by Gasteiger charge is 2.19. The lowest BCUT2D eigenvalue weighted by Gasteiger charge is -2.30. The van der Waals surface area contributed by atoms with Crippen molar-refractivity contribution < 1.29 is 9.59 Å². The molecule has 0 bridgehead atoms. The fourth-order valence-corrected chi connectivity index (χ4v) is 3.61. The highest BCUT2D eigenvalue weighted by molar-refractivity contribution is 6.07. The minimum atomic E-state index is -0.320. The zero-order chi connectivity index (χ0) is 18.6. The van der Waals surface area contributed by atoms with Gasteiger partial charge in [0.25, 0.3) is 11.8 Å². The average molecular weight is 359 g/mol. The van der Waals surface area contributed by atoms with Gasteiger partial charge in [-0.2, -0.15) is 0 Å². The number of hydrogen-bond donors (Lipinski definition) is 2. The first-order chi connectivity index (χ1) is 13.2. The summed E-state index contributed by atoms with van der Waals surface area (Å²) < 4.78 is 0. The molecule has 2 N–H and O–H groups in total. The fraction of sp³-hybridized carbons (Fsp3) is 0.182. The Hall–Kier alpha value is -3.34. The maximum Gasteiger partial charge on any atom is 0.270 e. The molecule has 27 heavy (non-hydrogen) atoms. The topological polar surface area (TPSA) is 61.4 Å². The van der Waals surface area contributed by atoms with Crippen LogP contribution in [0.3, 0.4) is 0 Å². The van der Waals surface area contributed by atoms with Crippen molar-refractivity contribution in [3.05, 3.63) is 77.9 Å². The molecule has 0 aliphatic carbocycles. The number of para-hydroxylation sites is 1. The first-order valence-electron chi connectivity index (χ1n) is 9.12. The first-order valence-corrected chi connectivity index (χ1v) is 9.12. The number of fused-ring (bicyclic) bond motifs is 2. The van der Waals surface area contributed by atoms with Crippen molar-refractivity contribution in [1.29, 1.82) is 0 Å². The van der Waals surface area contributed by atoms with Crippen molar-refractivity contribution in [2.24, 2.45) is 0 Å². The van der Waals surface area contributed by atoms with Gasteiger partial charge in [-0.1, -0.05) is 54.6 Å². The molecule has 0 atom stereocenters. The Bertz CT molecular complexity index is 994. The van der Waals surface area contributed by atoms with Crippen LogP contribution in [0, 0.1) is 0 Å². The molecule has 2 amide bonds. The number of anilines is 1. The third-order valence-electron chi connectivity index (χ3n) is 4.89. The molecule has 1 aliphatic rings. The zero-order valence-electron chi connectivity index (χ0n) is 14.9. The van der Waals surface area contributed by atoms with Crippen molar-refractivity contribution in [1.82, 2.24) is 10.9 Å². The summed E-state index contributed by atoms with van der Waals surface area (Å²) in [6, 6.07) is 21.4. The molecule has 0 spiro atoms. The van der Waals surface area contributed by atoms with Gasteiger partial charge < -0.3 is 4.90 Å². The highest BCUT2D eigenvalue weighted by atomic mass is 16.2. The normalized spacial score (nSPS) is 13.1. The summed E-state index contributed by atoms with van der Waals surface area (Å²) in [5, 5.41) is 1.85. The molecule has 0 unspecified atom stereocenters. The molecule has 136 valence electrons. The smallest absolute Gasteiger partial charge is 0.270 e. The van der Waals surface area contributed by atoms with E-state index in [1.54, 1.807) is 6.07 Å². The summed E-state index contributed by atoms with van der Waals surface area (Å²) in [5.74, 6) is -0.556. The Morgan fingerprint density at radius 3 is 2.59 bits per heavy atom. The van der Waals surface area contributed by atoms with E-state index in [1.165, 1.54) is 5.56 Å². The third-order valence-corrected chi connectivity index (χ3v) is 4.89. The lowest BCUT2D eigenvalue weighted by atomic mass is 10.0. The van der Waals surface area contributed by atoms with Crippen LogP contribution in [0.2, 0.25) is 0 Å². The number of aryl methyl sites for hydroxylation is 1. The number of amides is 2. The van der Waals surface area contributed by atoms with Crippen LogP contribution in [0.5, 0.6) is 0 Å². The molecule has 4 rings (SSSR count). The van der Waals surface area contributed by atoms with Gasteiger partial charge >= 0.3 is 0 Å². The van der Waals surface area contributed by atoms with Crippen LogP contribution in [-0.4, -0.2) is 24.9 Å². The lowest BCUT2D eigenvalue weighted by molar-refractivity contribution is -0.120. The molecular formula is C22H21N3O2. The molecule has 0 fully saturated rings. The highest BCUT2D eigenvalue weighted by Crippen LogP contribution is 2.26. The second kappa shape index (κ2) is 7.50. The first kappa shape index (κ1) is 17.1. The van der Waals surface area contributed by atoms with Gasteiger partial charge in [0.2, 0.25) is 0 Å². The Morgan fingerprint density at radius 2 is 1.67 bits per heavy atom. The van der Waals surface area contributed by atoms with E-state index < -0.39 is 0 Å². The van der Waals surface area contributed by atoms with E-state index in [0.29, 0.717) is 5.56 Å². The van der Waals surface area contributed by atoms with Crippen LogP contribution in [0.15, 0.2) is 66.7 Å². The largest absolute Gasteiger partial charge is 0.362 e. The number of hydrazine groups is 1. The zero-order valence-corrected chi connectivity index (χ0v) is 14.9. The number of hydrogen-bond acceptors (Lipinski definition) is 3. The predicted molar refractivity (Wildman–Crippen MR) is 107 cm³/mol. The number of benzene rings is 3. The van der Waals surface area contributed by atoms with Crippen LogP contribution < -0.4 is 15.8 Å². The summed E-state index contributed by atoms with van der Waals surface area (Å²) in [7, 11) is 0. The average Bonchev–Trinajstić information content (AvgIpc) is 2.72. The predicted octanol–water partition coefficient (Wildman–Crippen LogP) is 3.05. The summed E-state index contributed by atoms with van der Waals surface area (Å²) in [6.45, 7) is 1.05. The van der Waals surface area contributed by atoms with E-state index in [4.69, 9.17) is 0 Å². The standard InChI is InChI=1S/C22H21N3O2/c26-21(15-25-14-6-10-17-8-2-4-13-20(17)25)23-24-22(27)19-12-5-9-16-7-1-3-11-18(16)19/h1-5,7-9,11-13H,6,10,14-15H2,(H,23,26)(H,24,27). The van der Waals surface area contributed by atoms with Gasteiger partial charge in [0.15, 0.2) is 0 Å². The summed E-state index contributed by atoms with van der Waals surface area (Å²) in [6.07, 6.45) is 2.05. The van der Waals surface area contributed by atoms with Gasteiger partial charge in [0.05, 0.1) is 6.54 Å². The summed E-state index contributed by atoms with van der Waals surface area (Å²) in [5.41, 5.74) is 7.98. The Kier molecular flexibility index (Phi) is 4.75. The van der Waals surface area contributed by atoms with E-state index in [1.807, 2.05) is 54.6 Å². The van der Waals surface area contributed by atoms with Gasteiger partial charge in [-0.3, -0.25) is 20.4 Å². The van der Waals surface area contributed by atoms with E-state index in [9.17, 15) is 9.59 Å². The van der Waals surface area contributed by atoms with Crippen molar-refractivity contribution in [3.63, 3.8) is 0 Å². The minimum Gasteiger partial charge on any atom is -0.362 e. The summed E-state index contributed by atoms with van der Waals surface area (Å²) in [4.78, 5) is 26.9. The van der Waals surface area contributed by atoms with Crippen LogP contribution in [0.25, 0.3) is 10.8 Å². The molecule has 3 aromatic rings. The Balaban J connectivity index is 1.40. The quantitative estimate of drug-likeness (QED) is 0.707. The monoisotopic (exact) mass is 359 g/mol. The van der Waals surface area contributed by atoms with Gasteiger partial charge in [-0.25, -0.2) is 0 Å². The van der Waals surface area contributed by atoms with Gasteiger partial charge in [0.1, 0.15) is 0 Å². The minimum absolute atomic E-state index is 0.215. The second-order valence-electron chi connectivity index (χ2n) is 6.68. The van der Waals surface area contributed by atoms with Crippen molar-refractivity contribution in [2.75, 3.05) is 18.0 Å². The maximum atomic E-state index is 12.5. The SMILES string of the molecule is O=C(CN1CCCc2ccccc21)NNC(=O)c1cccc2ccccc12. The molecule has 0 saturated carbocycles. The van der Waals surface area contributed by atoms with Gasteiger partial charge in [-0.05, 0) is 41.3 Å². The summed E-state index contributed by atoms with van der Waals surface area (Å²) >= 11 is 0. The molecule has 5 nitrogen and oxygen atoms in total. The molecular weight excluding hydrogens is 338 g/mol. The fourth-order valence-electron chi connectivity index (χ4n) is 3.61. The van der Waals surface area contributed by atoms with E-state index in [0.717, 1.165) is 35.8 Å². The molecule has 0 aromatic heterocycles. The Labute approximate surface area is 158 Å².